The van der Waals surface area contributed by atoms with Crippen LogP contribution in [-0.2, 0) is 20.7 Å². The van der Waals surface area contributed by atoms with Crippen molar-refractivity contribution in [1.82, 2.24) is 15.3 Å². The lowest BCUT2D eigenvalue weighted by Crippen LogP contribution is -2.51. The van der Waals surface area contributed by atoms with Crippen LogP contribution in [0.4, 0.5) is 0 Å². The van der Waals surface area contributed by atoms with E-state index in [4.69, 9.17) is 10.5 Å². The first-order chi connectivity index (χ1) is 12.9. The normalized spacial score (nSPS) is 18.7. The second-order valence-electron chi connectivity index (χ2n) is 7.64. The maximum absolute atomic E-state index is 12.6. The number of carbonyl (C=O) groups is 2. The molecule has 1 amide bonds. The smallest absolute Gasteiger partial charge is 0.335 e. The van der Waals surface area contributed by atoms with Crippen LogP contribution in [0.2, 0.25) is 0 Å². The van der Waals surface area contributed by atoms with Gasteiger partial charge in [-0.05, 0) is 32.6 Å². The molecule has 5 N–H and O–H groups in total. The Hall–Kier alpha value is -1.93. The number of hydrogen-bond donors (Lipinski definition) is 4. The number of hydrogen-bond acceptors (Lipinski definition) is 6. The zero-order valence-electron chi connectivity index (χ0n) is 16.2. The Balaban J connectivity index is 1.98. The topological polar surface area (TPSA) is 130 Å². The SMILES string of the molecule is CC(C)OC(=O)C(O)CC(NC(=O)[C@@H](N)Cc1cnc[nH]1)C1CCCCC1. The summed E-state index contributed by atoms with van der Waals surface area (Å²) in [6.07, 6.45) is 7.39. The molecular weight excluding hydrogens is 348 g/mol. The Morgan fingerprint density at radius 3 is 2.67 bits per heavy atom. The fourth-order valence-corrected chi connectivity index (χ4v) is 3.57. The summed E-state index contributed by atoms with van der Waals surface area (Å²) in [5, 5.41) is 13.2. The Labute approximate surface area is 160 Å². The molecule has 1 aliphatic rings. The minimum atomic E-state index is -1.26. The van der Waals surface area contributed by atoms with Gasteiger partial charge in [-0.15, -0.1) is 0 Å². The van der Waals surface area contributed by atoms with E-state index < -0.39 is 18.1 Å². The largest absolute Gasteiger partial charge is 0.461 e. The van der Waals surface area contributed by atoms with Crippen LogP contribution in [0.5, 0.6) is 0 Å². The summed E-state index contributed by atoms with van der Waals surface area (Å²) in [4.78, 5) is 31.4. The quantitative estimate of drug-likeness (QED) is 0.474. The molecule has 8 nitrogen and oxygen atoms in total. The van der Waals surface area contributed by atoms with Crippen LogP contribution < -0.4 is 11.1 Å². The number of carbonyl (C=O) groups excluding carboxylic acids is 2. The van der Waals surface area contributed by atoms with Gasteiger partial charge in [-0.1, -0.05) is 19.3 Å². The van der Waals surface area contributed by atoms with Crippen molar-refractivity contribution < 1.29 is 19.4 Å². The number of nitrogens with two attached hydrogens (primary N) is 1. The number of aliphatic hydroxyl groups is 1. The first-order valence-corrected chi connectivity index (χ1v) is 9.78. The third kappa shape index (κ3) is 6.95. The van der Waals surface area contributed by atoms with Gasteiger partial charge in [-0.2, -0.15) is 0 Å². The molecule has 0 radical (unpaired) electrons. The van der Waals surface area contributed by atoms with Gasteiger partial charge >= 0.3 is 5.97 Å². The number of ether oxygens (including phenoxy) is 1. The third-order valence-corrected chi connectivity index (χ3v) is 4.98. The monoisotopic (exact) mass is 380 g/mol. The summed E-state index contributed by atoms with van der Waals surface area (Å²) in [7, 11) is 0. The summed E-state index contributed by atoms with van der Waals surface area (Å²) in [6, 6.07) is -1.03. The number of aromatic nitrogens is 2. The van der Waals surface area contributed by atoms with Crippen LogP contribution in [0, 0.1) is 5.92 Å². The highest BCUT2D eigenvalue weighted by Crippen LogP contribution is 2.28. The predicted octanol–water partition coefficient (Wildman–Crippen LogP) is 1.05. The molecule has 1 heterocycles. The zero-order chi connectivity index (χ0) is 19.8. The van der Waals surface area contributed by atoms with Crippen molar-refractivity contribution in [2.75, 3.05) is 0 Å². The molecule has 152 valence electrons. The second-order valence-corrected chi connectivity index (χ2v) is 7.64. The van der Waals surface area contributed by atoms with Crippen LogP contribution in [-0.4, -0.2) is 51.2 Å². The Kier molecular flexibility index (Phi) is 8.24. The number of esters is 1. The molecule has 2 unspecified atom stereocenters. The van der Waals surface area contributed by atoms with E-state index in [-0.39, 0.29) is 30.4 Å². The van der Waals surface area contributed by atoms with Gasteiger partial charge in [0.25, 0.3) is 0 Å². The molecule has 1 aromatic rings. The number of nitrogens with one attached hydrogen (secondary N) is 2. The minimum Gasteiger partial charge on any atom is -0.461 e. The van der Waals surface area contributed by atoms with E-state index in [0.29, 0.717) is 6.42 Å². The molecular formula is C19H32N4O4. The highest BCUT2D eigenvalue weighted by atomic mass is 16.6. The molecule has 27 heavy (non-hydrogen) atoms. The fraction of sp³-hybridized carbons (Fsp3) is 0.737. The van der Waals surface area contributed by atoms with E-state index in [2.05, 4.69) is 15.3 Å². The second kappa shape index (κ2) is 10.4. The number of aliphatic hydroxyl groups excluding tert-OH is 1. The summed E-state index contributed by atoms with van der Waals surface area (Å²) < 4.78 is 5.09. The van der Waals surface area contributed by atoms with Gasteiger partial charge in [0.15, 0.2) is 6.10 Å². The molecule has 0 spiro atoms. The van der Waals surface area contributed by atoms with Gasteiger partial charge in [-0.25, -0.2) is 9.78 Å². The number of nitrogens with zero attached hydrogens (tertiary/aromatic N) is 1. The van der Waals surface area contributed by atoms with Crippen LogP contribution in [0.1, 0.15) is 58.1 Å². The summed E-state index contributed by atoms with van der Waals surface area (Å²) in [6.45, 7) is 3.47. The molecule has 0 aliphatic heterocycles. The van der Waals surface area contributed by atoms with E-state index >= 15 is 0 Å². The lowest BCUT2D eigenvalue weighted by atomic mass is 9.81. The van der Waals surface area contributed by atoms with Crippen LogP contribution in [0.15, 0.2) is 12.5 Å². The molecule has 3 atom stereocenters. The van der Waals surface area contributed by atoms with Crippen LogP contribution >= 0.6 is 0 Å². The van der Waals surface area contributed by atoms with E-state index in [1.165, 1.54) is 6.42 Å². The summed E-state index contributed by atoms with van der Waals surface area (Å²) >= 11 is 0. The van der Waals surface area contributed by atoms with Gasteiger partial charge in [-0.3, -0.25) is 4.79 Å². The molecule has 0 aromatic carbocycles. The van der Waals surface area contributed by atoms with E-state index in [1.54, 1.807) is 26.4 Å². The maximum atomic E-state index is 12.6. The number of amides is 1. The van der Waals surface area contributed by atoms with Gasteiger partial charge in [0.1, 0.15) is 0 Å². The van der Waals surface area contributed by atoms with Gasteiger partial charge in [0.05, 0.1) is 18.5 Å². The van der Waals surface area contributed by atoms with Gasteiger partial charge < -0.3 is 25.9 Å². The highest BCUT2D eigenvalue weighted by molar-refractivity contribution is 5.82. The first kappa shape index (κ1) is 21.4. The minimum absolute atomic E-state index is 0.138. The van der Waals surface area contributed by atoms with Crippen molar-refractivity contribution in [3.8, 4) is 0 Å². The number of H-pyrrole nitrogens is 1. The Morgan fingerprint density at radius 1 is 1.37 bits per heavy atom. The fourth-order valence-electron chi connectivity index (χ4n) is 3.57. The molecule has 0 saturated heterocycles. The number of imidazole rings is 1. The van der Waals surface area contributed by atoms with E-state index in [0.717, 1.165) is 31.4 Å². The Bertz CT molecular complexity index is 585. The van der Waals surface area contributed by atoms with Crippen molar-refractivity contribution >= 4 is 11.9 Å². The number of aromatic amines is 1. The number of rotatable bonds is 9. The Morgan fingerprint density at radius 2 is 2.07 bits per heavy atom. The molecule has 1 aromatic heterocycles. The molecule has 0 bridgehead atoms. The van der Waals surface area contributed by atoms with Crippen LogP contribution in [0.25, 0.3) is 0 Å². The lowest BCUT2D eigenvalue weighted by molar-refractivity contribution is -0.158. The molecule has 1 saturated carbocycles. The van der Waals surface area contributed by atoms with E-state index in [1.807, 2.05) is 0 Å². The molecule has 2 rings (SSSR count). The highest BCUT2D eigenvalue weighted by Gasteiger charge is 2.31. The first-order valence-electron chi connectivity index (χ1n) is 9.78. The average Bonchev–Trinajstić information content (AvgIpc) is 3.14. The third-order valence-electron chi connectivity index (χ3n) is 4.98. The maximum Gasteiger partial charge on any atom is 0.335 e. The van der Waals surface area contributed by atoms with Crippen molar-refractivity contribution in [2.24, 2.45) is 11.7 Å². The van der Waals surface area contributed by atoms with Crippen molar-refractivity contribution in [2.45, 2.75) is 83.1 Å². The van der Waals surface area contributed by atoms with Crippen molar-refractivity contribution in [3.63, 3.8) is 0 Å². The summed E-state index contributed by atoms with van der Waals surface area (Å²) in [5.74, 6) is -0.713. The lowest BCUT2D eigenvalue weighted by Gasteiger charge is -2.32. The molecule has 1 fully saturated rings. The van der Waals surface area contributed by atoms with Crippen LogP contribution in [0.3, 0.4) is 0 Å². The van der Waals surface area contributed by atoms with Crippen molar-refractivity contribution in [1.29, 1.82) is 0 Å². The van der Waals surface area contributed by atoms with Gasteiger partial charge in [0, 0.05) is 30.8 Å². The summed E-state index contributed by atoms with van der Waals surface area (Å²) in [5.41, 5.74) is 6.81. The van der Waals surface area contributed by atoms with Gasteiger partial charge in [0.2, 0.25) is 5.91 Å². The zero-order valence-corrected chi connectivity index (χ0v) is 16.2. The average molecular weight is 380 g/mol. The molecule has 1 aliphatic carbocycles. The van der Waals surface area contributed by atoms with E-state index in [9.17, 15) is 14.7 Å². The van der Waals surface area contributed by atoms with Crippen molar-refractivity contribution in [3.05, 3.63) is 18.2 Å². The standard InChI is InChI=1S/C19H32N4O4/c1-12(2)27-19(26)17(24)9-16(13-6-4-3-5-7-13)23-18(25)15(20)8-14-10-21-11-22-14/h10-13,15-17,24H,3-9,20H2,1-2H3,(H,21,22)(H,23,25)/t15-,16?,17?/m0/s1. The molecule has 8 heteroatoms. The predicted molar refractivity (Wildman–Crippen MR) is 101 cm³/mol.